The van der Waals surface area contributed by atoms with E-state index >= 15 is 0 Å². The lowest BCUT2D eigenvalue weighted by molar-refractivity contribution is 0.580. The molecule has 154 valence electrons. The van der Waals surface area contributed by atoms with Crippen LogP contribution in [-0.2, 0) is 16.4 Å². The van der Waals surface area contributed by atoms with Gasteiger partial charge in [0.2, 0.25) is 9.84 Å². The van der Waals surface area contributed by atoms with E-state index in [1.54, 1.807) is 36.5 Å². The lowest BCUT2D eigenvalue weighted by atomic mass is 10.2. The molecule has 0 saturated heterocycles. The predicted molar refractivity (Wildman–Crippen MR) is 114 cm³/mol. The van der Waals surface area contributed by atoms with Crippen LogP contribution in [0, 0.1) is 12.3 Å². The van der Waals surface area contributed by atoms with Gasteiger partial charge in [0.1, 0.15) is 21.7 Å². The van der Waals surface area contributed by atoms with Crippen LogP contribution >= 0.6 is 0 Å². The van der Waals surface area contributed by atoms with Gasteiger partial charge in [-0.1, -0.05) is 37.1 Å². The number of sulfone groups is 1. The van der Waals surface area contributed by atoms with E-state index in [1.165, 1.54) is 27.2 Å². The normalized spacial score (nSPS) is 11.9. The van der Waals surface area contributed by atoms with E-state index in [1.807, 2.05) is 13.8 Å². The van der Waals surface area contributed by atoms with Gasteiger partial charge in [-0.05, 0) is 43.7 Å². The number of unbranched alkanes of at least 4 members (excludes halogenated alkanes) is 1. The highest BCUT2D eigenvalue weighted by molar-refractivity contribution is 7.91. The molecule has 4 rings (SSSR count). The monoisotopic (exact) mass is 422 g/mol. The Hall–Kier alpha value is -3.26. The van der Waals surface area contributed by atoms with E-state index in [0.29, 0.717) is 17.8 Å². The van der Waals surface area contributed by atoms with Gasteiger partial charge in [0.25, 0.3) is 5.56 Å². The maximum atomic E-state index is 13.3. The first kappa shape index (κ1) is 20.0. The molecule has 0 aliphatic carbocycles. The van der Waals surface area contributed by atoms with E-state index in [-0.39, 0.29) is 26.2 Å². The molecule has 0 atom stereocenters. The van der Waals surface area contributed by atoms with Crippen molar-refractivity contribution in [1.82, 2.24) is 14.0 Å². The maximum Gasteiger partial charge on any atom is 0.267 e. The Bertz CT molecular complexity index is 1480. The molecule has 0 amide bonds. The molecule has 0 saturated carbocycles. The molecular weight excluding hydrogens is 400 g/mol. The molecule has 0 spiro atoms. The molecule has 0 radical (unpaired) electrons. The predicted octanol–water partition coefficient (Wildman–Crippen LogP) is 3.07. The fraction of sp³-hybridized carbons (Fsp3) is 0.227. The Kier molecular flexibility index (Phi) is 5.03. The van der Waals surface area contributed by atoms with Crippen molar-refractivity contribution in [2.24, 2.45) is 0 Å². The van der Waals surface area contributed by atoms with Crippen molar-refractivity contribution in [3.63, 3.8) is 0 Å². The first-order valence-corrected chi connectivity index (χ1v) is 11.2. The molecule has 8 heteroatoms. The Morgan fingerprint density at radius 1 is 1.10 bits per heavy atom. The van der Waals surface area contributed by atoms with Crippen molar-refractivity contribution in [3.8, 4) is 0 Å². The van der Waals surface area contributed by atoms with Crippen LogP contribution < -0.4 is 11.0 Å². The van der Waals surface area contributed by atoms with E-state index < -0.39 is 9.84 Å². The summed E-state index contributed by atoms with van der Waals surface area (Å²) in [5, 5.41) is 8.85. The topological polar surface area (TPSA) is 97.3 Å². The standard InChI is InChI=1S/C22H22N4O3S/c1-3-4-12-26-20(23)18(30(28,29)16-10-8-15(2)9-11-16)14-17-21(26)24-19-7-5-6-13-25(19)22(17)27/h5-11,13-14,23H,3-4,12H2,1-2H3. The third-order valence-electron chi connectivity index (χ3n) is 5.14. The molecular formula is C22H22N4O3S. The molecule has 0 unspecified atom stereocenters. The summed E-state index contributed by atoms with van der Waals surface area (Å²) < 4.78 is 29.6. The third-order valence-corrected chi connectivity index (χ3v) is 6.92. The molecule has 30 heavy (non-hydrogen) atoms. The Balaban J connectivity index is 2.10. The minimum absolute atomic E-state index is 0.0943. The summed E-state index contributed by atoms with van der Waals surface area (Å²) in [5.41, 5.74) is 1.19. The maximum absolute atomic E-state index is 13.3. The zero-order valence-electron chi connectivity index (χ0n) is 16.8. The van der Waals surface area contributed by atoms with Gasteiger partial charge >= 0.3 is 0 Å². The fourth-order valence-electron chi connectivity index (χ4n) is 3.44. The summed E-state index contributed by atoms with van der Waals surface area (Å²) in [7, 11) is -3.98. The number of nitrogens with one attached hydrogen (secondary N) is 1. The van der Waals surface area contributed by atoms with Gasteiger partial charge in [0, 0.05) is 12.7 Å². The number of benzene rings is 1. The van der Waals surface area contributed by atoms with Gasteiger partial charge in [-0.25, -0.2) is 13.4 Å². The summed E-state index contributed by atoms with van der Waals surface area (Å²) in [4.78, 5) is 17.6. The average Bonchev–Trinajstić information content (AvgIpc) is 2.73. The largest absolute Gasteiger partial charge is 0.310 e. The Morgan fingerprint density at radius 3 is 2.53 bits per heavy atom. The first-order chi connectivity index (χ1) is 14.3. The van der Waals surface area contributed by atoms with Gasteiger partial charge in [-0.2, -0.15) is 0 Å². The second kappa shape index (κ2) is 7.53. The molecule has 1 N–H and O–H groups in total. The van der Waals surface area contributed by atoms with E-state index in [4.69, 9.17) is 5.41 Å². The van der Waals surface area contributed by atoms with Gasteiger partial charge in [-0.15, -0.1) is 0 Å². The zero-order valence-corrected chi connectivity index (χ0v) is 17.6. The number of pyridine rings is 2. The van der Waals surface area contributed by atoms with Crippen molar-refractivity contribution in [3.05, 3.63) is 76.1 Å². The highest BCUT2D eigenvalue weighted by atomic mass is 32.2. The van der Waals surface area contributed by atoms with Crippen LogP contribution in [0.1, 0.15) is 25.3 Å². The van der Waals surface area contributed by atoms with Crippen LogP contribution in [0.15, 0.2) is 69.3 Å². The smallest absolute Gasteiger partial charge is 0.267 e. The molecule has 0 bridgehead atoms. The summed E-state index contributed by atoms with van der Waals surface area (Å²) in [6.07, 6.45) is 3.19. The SMILES string of the molecule is CCCCn1c(=N)c(S(=O)(=O)c2ccc(C)cc2)cc2c(=O)n3ccccc3nc21. The molecule has 7 nitrogen and oxygen atoms in total. The van der Waals surface area contributed by atoms with Crippen molar-refractivity contribution in [2.45, 2.75) is 43.0 Å². The van der Waals surface area contributed by atoms with Crippen molar-refractivity contribution in [2.75, 3.05) is 0 Å². The number of aromatic nitrogens is 3. The van der Waals surface area contributed by atoms with Crippen LogP contribution in [0.5, 0.6) is 0 Å². The van der Waals surface area contributed by atoms with E-state index in [0.717, 1.165) is 18.4 Å². The van der Waals surface area contributed by atoms with Gasteiger partial charge in [0.15, 0.2) is 0 Å². The lowest BCUT2D eigenvalue weighted by Gasteiger charge is -2.15. The lowest BCUT2D eigenvalue weighted by Crippen LogP contribution is -2.30. The van der Waals surface area contributed by atoms with Crippen molar-refractivity contribution >= 4 is 26.5 Å². The number of nitrogens with zero attached hydrogens (tertiary/aromatic N) is 3. The highest BCUT2D eigenvalue weighted by Crippen LogP contribution is 2.21. The van der Waals surface area contributed by atoms with Crippen LogP contribution in [-0.4, -0.2) is 22.4 Å². The summed E-state index contributed by atoms with van der Waals surface area (Å²) in [6.45, 7) is 4.29. The Labute approximate surface area is 173 Å². The highest BCUT2D eigenvalue weighted by Gasteiger charge is 2.24. The quantitative estimate of drug-likeness (QED) is 0.500. The molecule has 0 aliphatic rings. The van der Waals surface area contributed by atoms with Gasteiger partial charge in [0.05, 0.1) is 10.3 Å². The second-order valence-electron chi connectivity index (χ2n) is 7.26. The van der Waals surface area contributed by atoms with Crippen LogP contribution in [0.2, 0.25) is 0 Å². The third kappa shape index (κ3) is 3.23. The first-order valence-electron chi connectivity index (χ1n) is 9.76. The second-order valence-corrected chi connectivity index (χ2v) is 9.18. The molecule has 3 aromatic heterocycles. The molecule has 3 heterocycles. The number of hydrogen-bond donors (Lipinski definition) is 1. The number of hydrogen-bond acceptors (Lipinski definition) is 5. The number of fused-ring (bicyclic) bond motifs is 2. The van der Waals surface area contributed by atoms with Crippen LogP contribution in [0.3, 0.4) is 0 Å². The average molecular weight is 423 g/mol. The van der Waals surface area contributed by atoms with Gasteiger partial charge < -0.3 is 4.57 Å². The Morgan fingerprint density at radius 2 is 1.83 bits per heavy atom. The summed E-state index contributed by atoms with van der Waals surface area (Å²) in [5.74, 6) is 0. The molecule has 1 aromatic carbocycles. The van der Waals surface area contributed by atoms with Crippen molar-refractivity contribution < 1.29 is 8.42 Å². The molecule has 0 aliphatic heterocycles. The summed E-state index contributed by atoms with van der Waals surface area (Å²) >= 11 is 0. The zero-order chi connectivity index (χ0) is 21.5. The fourth-order valence-corrected chi connectivity index (χ4v) is 4.83. The minimum atomic E-state index is -3.98. The van der Waals surface area contributed by atoms with Crippen molar-refractivity contribution in [1.29, 1.82) is 5.41 Å². The van der Waals surface area contributed by atoms with Gasteiger partial charge in [-0.3, -0.25) is 14.6 Å². The van der Waals surface area contributed by atoms with E-state index in [9.17, 15) is 13.2 Å². The number of rotatable bonds is 5. The van der Waals surface area contributed by atoms with E-state index in [2.05, 4.69) is 4.98 Å². The minimum Gasteiger partial charge on any atom is -0.310 e. The van der Waals surface area contributed by atoms with Crippen LogP contribution in [0.25, 0.3) is 16.7 Å². The van der Waals surface area contributed by atoms with Crippen LogP contribution in [0.4, 0.5) is 0 Å². The number of aryl methyl sites for hydroxylation is 2. The molecule has 4 aromatic rings. The molecule has 0 fully saturated rings. The summed E-state index contributed by atoms with van der Waals surface area (Å²) in [6, 6.07) is 13.0.